The van der Waals surface area contributed by atoms with Crippen molar-refractivity contribution in [1.82, 2.24) is 9.21 Å². The van der Waals surface area contributed by atoms with Gasteiger partial charge in [-0.2, -0.15) is 4.31 Å². The Morgan fingerprint density at radius 2 is 1.69 bits per heavy atom. The number of carbonyl (C=O) groups is 1. The van der Waals surface area contributed by atoms with Crippen molar-refractivity contribution in [2.75, 3.05) is 31.9 Å². The van der Waals surface area contributed by atoms with Crippen molar-refractivity contribution in [1.29, 1.82) is 0 Å². The Labute approximate surface area is 173 Å². The maximum absolute atomic E-state index is 12.8. The van der Waals surface area contributed by atoms with Crippen molar-refractivity contribution >= 4 is 33.4 Å². The Kier molecular flexibility index (Phi) is 6.56. The molecule has 10 heteroatoms. The van der Waals surface area contributed by atoms with E-state index in [0.717, 1.165) is 10.5 Å². The first kappa shape index (κ1) is 21.3. The van der Waals surface area contributed by atoms with Gasteiger partial charge < -0.3 is 4.90 Å². The molecule has 0 saturated carbocycles. The van der Waals surface area contributed by atoms with Crippen LogP contribution >= 0.6 is 11.8 Å². The van der Waals surface area contributed by atoms with Gasteiger partial charge >= 0.3 is 0 Å². The molecule has 2 aromatic carbocycles. The lowest BCUT2D eigenvalue weighted by Crippen LogP contribution is -2.51. The molecule has 0 aromatic heterocycles. The summed E-state index contributed by atoms with van der Waals surface area (Å²) >= 11 is 1.44. The number of amides is 1. The minimum absolute atomic E-state index is 0.0571. The van der Waals surface area contributed by atoms with Gasteiger partial charge in [-0.15, -0.1) is 11.8 Å². The fraction of sp³-hybridized carbons (Fsp3) is 0.316. The first-order chi connectivity index (χ1) is 13.8. The predicted molar refractivity (Wildman–Crippen MR) is 110 cm³/mol. The highest BCUT2D eigenvalue weighted by Crippen LogP contribution is 2.27. The molecule has 2 aromatic rings. The quantitative estimate of drug-likeness (QED) is 0.393. The number of nitrogens with zero attached hydrogens (tertiary/aromatic N) is 3. The fourth-order valence-corrected chi connectivity index (χ4v) is 5.39. The summed E-state index contributed by atoms with van der Waals surface area (Å²) in [4.78, 5) is 25.2. The predicted octanol–water partition coefficient (Wildman–Crippen LogP) is 2.53. The Morgan fingerprint density at radius 1 is 1.07 bits per heavy atom. The zero-order valence-electron chi connectivity index (χ0n) is 15.9. The van der Waals surface area contributed by atoms with Crippen LogP contribution in [0, 0.1) is 17.0 Å². The van der Waals surface area contributed by atoms with Gasteiger partial charge in [0.1, 0.15) is 0 Å². The molecule has 0 bridgehead atoms. The van der Waals surface area contributed by atoms with E-state index in [9.17, 15) is 23.3 Å². The summed E-state index contributed by atoms with van der Waals surface area (Å²) in [7, 11) is -4.00. The summed E-state index contributed by atoms with van der Waals surface area (Å²) < 4.78 is 26.9. The standard InChI is InChI=1S/C19H21N3O5S2/c1-15-6-8-16(9-7-15)28-14-19(23)20-10-12-21(13-11-20)29(26,27)18-5-3-2-4-17(18)22(24)25/h2-9H,10-14H2,1H3. The topological polar surface area (TPSA) is 101 Å². The van der Waals surface area contributed by atoms with E-state index in [1.807, 2.05) is 31.2 Å². The van der Waals surface area contributed by atoms with Crippen LogP contribution in [0.4, 0.5) is 5.69 Å². The van der Waals surface area contributed by atoms with E-state index >= 15 is 0 Å². The summed E-state index contributed by atoms with van der Waals surface area (Å²) in [5.74, 6) is 0.221. The Hall–Kier alpha value is -2.43. The lowest BCUT2D eigenvalue weighted by atomic mass is 10.2. The lowest BCUT2D eigenvalue weighted by Gasteiger charge is -2.33. The molecule has 154 valence electrons. The minimum Gasteiger partial charge on any atom is -0.339 e. The second-order valence-electron chi connectivity index (χ2n) is 6.61. The number of carbonyl (C=O) groups excluding carboxylic acids is 1. The fourth-order valence-electron chi connectivity index (χ4n) is 3.01. The zero-order chi connectivity index (χ0) is 21.0. The molecule has 0 spiro atoms. The number of sulfonamides is 1. The molecule has 1 fully saturated rings. The molecular weight excluding hydrogens is 414 g/mol. The third kappa shape index (κ3) is 4.95. The number of thioether (sulfide) groups is 1. The van der Waals surface area contributed by atoms with Crippen molar-refractivity contribution in [3.63, 3.8) is 0 Å². The molecule has 1 saturated heterocycles. The van der Waals surface area contributed by atoms with Crippen molar-refractivity contribution in [2.24, 2.45) is 0 Å². The first-order valence-corrected chi connectivity index (χ1v) is 11.4. The van der Waals surface area contributed by atoms with Gasteiger partial charge in [-0.05, 0) is 25.1 Å². The van der Waals surface area contributed by atoms with Gasteiger partial charge in [0.05, 0.1) is 10.7 Å². The van der Waals surface area contributed by atoms with Crippen LogP contribution in [-0.2, 0) is 14.8 Å². The number of aryl methyl sites for hydroxylation is 1. The van der Waals surface area contributed by atoms with Crippen molar-refractivity contribution < 1.29 is 18.1 Å². The highest BCUT2D eigenvalue weighted by Gasteiger charge is 2.34. The van der Waals surface area contributed by atoms with Gasteiger partial charge in [0.15, 0.2) is 4.90 Å². The van der Waals surface area contributed by atoms with E-state index < -0.39 is 20.6 Å². The second-order valence-corrected chi connectivity index (χ2v) is 9.57. The summed E-state index contributed by atoms with van der Waals surface area (Å²) in [5, 5.41) is 11.2. The van der Waals surface area contributed by atoms with Crippen LogP contribution in [-0.4, -0.2) is 60.4 Å². The number of hydrogen-bond acceptors (Lipinski definition) is 6. The average molecular weight is 436 g/mol. The molecule has 1 aliphatic heterocycles. The number of hydrogen-bond donors (Lipinski definition) is 0. The molecule has 1 heterocycles. The molecule has 0 radical (unpaired) electrons. The number of piperazine rings is 1. The van der Waals surface area contributed by atoms with Gasteiger partial charge in [0.25, 0.3) is 5.69 Å². The molecule has 1 aliphatic rings. The van der Waals surface area contributed by atoms with Gasteiger partial charge in [-0.3, -0.25) is 14.9 Å². The number of benzene rings is 2. The van der Waals surface area contributed by atoms with Crippen LogP contribution in [0.2, 0.25) is 0 Å². The van der Waals surface area contributed by atoms with E-state index in [-0.39, 0.29) is 42.7 Å². The highest BCUT2D eigenvalue weighted by molar-refractivity contribution is 8.00. The van der Waals surface area contributed by atoms with E-state index in [0.29, 0.717) is 0 Å². The monoisotopic (exact) mass is 435 g/mol. The maximum atomic E-state index is 12.8. The van der Waals surface area contributed by atoms with Crippen LogP contribution in [0.15, 0.2) is 58.3 Å². The van der Waals surface area contributed by atoms with E-state index in [1.54, 1.807) is 4.90 Å². The maximum Gasteiger partial charge on any atom is 0.289 e. The highest BCUT2D eigenvalue weighted by atomic mass is 32.2. The van der Waals surface area contributed by atoms with Crippen LogP contribution in [0.1, 0.15) is 5.56 Å². The third-order valence-corrected chi connectivity index (χ3v) is 7.60. The molecule has 0 N–H and O–H groups in total. The van der Waals surface area contributed by atoms with Crippen molar-refractivity contribution in [3.05, 3.63) is 64.2 Å². The minimum atomic E-state index is -4.00. The molecular formula is C19H21N3O5S2. The molecule has 3 rings (SSSR count). The summed E-state index contributed by atoms with van der Waals surface area (Å²) in [5.41, 5.74) is 0.706. The number of nitro benzene ring substituents is 1. The van der Waals surface area contributed by atoms with Gasteiger partial charge in [0, 0.05) is 37.1 Å². The number of nitro groups is 1. The first-order valence-electron chi connectivity index (χ1n) is 9.00. The van der Waals surface area contributed by atoms with E-state index in [4.69, 9.17) is 0 Å². The lowest BCUT2D eigenvalue weighted by molar-refractivity contribution is -0.387. The van der Waals surface area contributed by atoms with Crippen molar-refractivity contribution in [2.45, 2.75) is 16.7 Å². The largest absolute Gasteiger partial charge is 0.339 e. The SMILES string of the molecule is Cc1ccc(SCC(=O)N2CCN(S(=O)(=O)c3ccccc3[N+](=O)[O-])CC2)cc1. The number of para-hydroxylation sites is 1. The Balaban J connectivity index is 1.60. The summed E-state index contributed by atoms with van der Waals surface area (Å²) in [6.07, 6.45) is 0. The van der Waals surface area contributed by atoms with E-state index in [1.165, 1.54) is 40.3 Å². The van der Waals surface area contributed by atoms with Gasteiger partial charge in [-0.25, -0.2) is 8.42 Å². The van der Waals surface area contributed by atoms with Gasteiger partial charge in [0.2, 0.25) is 15.9 Å². The molecule has 0 unspecified atom stereocenters. The smallest absolute Gasteiger partial charge is 0.289 e. The van der Waals surface area contributed by atoms with Crippen LogP contribution < -0.4 is 0 Å². The van der Waals surface area contributed by atoms with Crippen LogP contribution in [0.25, 0.3) is 0 Å². The van der Waals surface area contributed by atoms with Gasteiger partial charge in [-0.1, -0.05) is 29.8 Å². The van der Waals surface area contributed by atoms with E-state index in [2.05, 4.69) is 0 Å². The average Bonchev–Trinajstić information content (AvgIpc) is 2.73. The van der Waals surface area contributed by atoms with Crippen LogP contribution in [0.5, 0.6) is 0 Å². The molecule has 0 aliphatic carbocycles. The van der Waals surface area contributed by atoms with Crippen molar-refractivity contribution in [3.8, 4) is 0 Å². The Bertz CT molecular complexity index is 1000. The molecule has 8 nitrogen and oxygen atoms in total. The number of rotatable bonds is 6. The molecule has 29 heavy (non-hydrogen) atoms. The molecule has 1 amide bonds. The third-order valence-electron chi connectivity index (χ3n) is 4.65. The van der Waals surface area contributed by atoms with Crippen LogP contribution in [0.3, 0.4) is 0 Å². The summed E-state index contributed by atoms with van der Waals surface area (Å²) in [6, 6.07) is 13.2. The molecule has 0 atom stereocenters. The zero-order valence-corrected chi connectivity index (χ0v) is 17.5. The summed E-state index contributed by atoms with van der Waals surface area (Å²) in [6.45, 7) is 2.72. The Morgan fingerprint density at radius 3 is 2.31 bits per heavy atom. The normalized spacial score (nSPS) is 15.3. The second kappa shape index (κ2) is 8.93.